The van der Waals surface area contributed by atoms with Gasteiger partial charge in [0.25, 0.3) is 0 Å². The van der Waals surface area contributed by atoms with Gasteiger partial charge in [0.2, 0.25) is 11.8 Å². The fourth-order valence-corrected chi connectivity index (χ4v) is 4.46. The van der Waals surface area contributed by atoms with Gasteiger partial charge in [-0.1, -0.05) is 79.4 Å². The number of benzene rings is 2. The summed E-state index contributed by atoms with van der Waals surface area (Å²) < 4.78 is 0. The Bertz CT molecular complexity index is 867. The fraction of sp³-hybridized carbons (Fsp3) is 0.417. The molecule has 3 rings (SSSR count). The molecule has 0 heterocycles. The molecule has 0 spiro atoms. The third kappa shape index (κ3) is 5.99. The number of hydrogen-bond acceptors (Lipinski definition) is 2. The lowest BCUT2D eigenvalue weighted by Crippen LogP contribution is -2.51. The van der Waals surface area contributed by atoms with Crippen LogP contribution in [0.4, 0.5) is 0 Å². The summed E-state index contributed by atoms with van der Waals surface area (Å²) in [4.78, 5) is 28.1. The average Bonchev–Trinajstić information content (AvgIpc) is 3.23. The summed E-state index contributed by atoms with van der Waals surface area (Å²) in [6.45, 7) is 2.20. The molecule has 0 unspecified atom stereocenters. The van der Waals surface area contributed by atoms with Gasteiger partial charge in [-0.05, 0) is 42.5 Å². The van der Waals surface area contributed by atoms with Crippen molar-refractivity contribution in [3.05, 3.63) is 69.7 Å². The maximum absolute atomic E-state index is 13.3. The number of carbonyl (C=O) groups excluding carboxylic acids is 2. The molecule has 0 saturated heterocycles. The number of carbonyl (C=O) groups is 2. The molecule has 1 aliphatic carbocycles. The first-order valence-electron chi connectivity index (χ1n) is 10.6. The molecule has 2 aromatic rings. The van der Waals surface area contributed by atoms with E-state index in [1.165, 1.54) is 0 Å². The Hall–Kier alpha value is -2.04. The number of nitrogens with zero attached hydrogens (tertiary/aromatic N) is 1. The zero-order valence-corrected chi connectivity index (χ0v) is 18.8. The number of amides is 2. The van der Waals surface area contributed by atoms with E-state index < -0.39 is 6.04 Å². The highest BCUT2D eigenvalue weighted by Gasteiger charge is 2.31. The van der Waals surface area contributed by atoms with Gasteiger partial charge in [-0.3, -0.25) is 9.59 Å². The minimum atomic E-state index is -0.548. The smallest absolute Gasteiger partial charge is 0.243 e. The van der Waals surface area contributed by atoms with Crippen molar-refractivity contribution in [3.63, 3.8) is 0 Å². The van der Waals surface area contributed by atoms with Gasteiger partial charge in [-0.15, -0.1) is 0 Å². The predicted octanol–water partition coefficient (Wildman–Crippen LogP) is 5.40. The van der Waals surface area contributed by atoms with Crippen molar-refractivity contribution in [2.24, 2.45) is 0 Å². The van der Waals surface area contributed by atoms with Crippen molar-refractivity contribution >= 4 is 35.0 Å². The van der Waals surface area contributed by atoms with Crippen molar-refractivity contribution < 1.29 is 9.59 Å². The second kappa shape index (κ2) is 10.8. The maximum atomic E-state index is 13.3. The molecule has 1 saturated carbocycles. The highest BCUT2D eigenvalue weighted by atomic mass is 35.5. The molecule has 1 atom stereocenters. The van der Waals surface area contributed by atoms with Gasteiger partial charge in [-0.25, -0.2) is 0 Å². The standard InChI is InChI=1S/C24H28Cl2N2O2/c1-2-22(24(30)27-20-10-6-7-11-20)28(16-18-12-13-19(25)15-21(18)26)23(29)14-17-8-4-3-5-9-17/h3-5,8-9,12-13,15,20,22H,2,6-7,10-11,14,16H2,1H3,(H,27,30)/t22-/m1/s1. The van der Waals surface area contributed by atoms with Crippen LogP contribution in [0, 0.1) is 0 Å². The van der Waals surface area contributed by atoms with Crippen LogP contribution < -0.4 is 5.32 Å². The van der Waals surface area contributed by atoms with E-state index >= 15 is 0 Å². The summed E-state index contributed by atoms with van der Waals surface area (Å²) in [6.07, 6.45) is 5.05. The van der Waals surface area contributed by atoms with E-state index in [0.717, 1.165) is 36.8 Å². The Labute approximate surface area is 188 Å². The molecule has 2 amide bonds. The molecular formula is C24H28Cl2N2O2. The maximum Gasteiger partial charge on any atom is 0.243 e. The lowest BCUT2D eigenvalue weighted by Gasteiger charge is -2.32. The molecule has 1 fully saturated rings. The summed E-state index contributed by atoms with van der Waals surface area (Å²) in [6, 6.07) is 14.5. The highest BCUT2D eigenvalue weighted by molar-refractivity contribution is 6.35. The number of rotatable bonds is 8. The Morgan fingerprint density at radius 2 is 1.80 bits per heavy atom. The largest absolute Gasteiger partial charge is 0.352 e. The van der Waals surface area contributed by atoms with E-state index in [-0.39, 0.29) is 30.8 Å². The van der Waals surface area contributed by atoms with Gasteiger partial charge in [0, 0.05) is 22.6 Å². The van der Waals surface area contributed by atoms with Crippen LogP contribution in [0.25, 0.3) is 0 Å². The Kier molecular flexibility index (Phi) is 8.17. The average molecular weight is 447 g/mol. The van der Waals surface area contributed by atoms with Crippen LogP contribution in [0.5, 0.6) is 0 Å². The Morgan fingerprint density at radius 1 is 1.10 bits per heavy atom. The Morgan fingerprint density at radius 3 is 2.43 bits per heavy atom. The van der Waals surface area contributed by atoms with Gasteiger partial charge >= 0.3 is 0 Å². The monoisotopic (exact) mass is 446 g/mol. The molecule has 0 bridgehead atoms. The Balaban J connectivity index is 1.83. The van der Waals surface area contributed by atoms with E-state index in [4.69, 9.17) is 23.2 Å². The van der Waals surface area contributed by atoms with Crippen LogP contribution in [0.1, 0.15) is 50.2 Å². The van der Waals surface area contributed by atoms with E-state index in [1.807, 2.05) is 43.3 Å². The van der Waals surface area contributed by atoms with E-state index in [2.05, 4.69) is 5.32 Å². The van der Waals surface area contributed by atoms with Crippen molar-refractivity contribution in [1.29, 1.82) is 0 Å². The quantitative estimate of drug-likeness (QED) is 0.589. The summed E-state index contributed by atoms with van der Waals surface area (Å²) in [5.74, 6) is -0.184. The van der Waals surface area contributed by atoms with Crippen molar-refractivity contribution in [3.8, 4) is 0 Å². The first kappa shape index (κ1) is 22.6. The van der Waals surface area contributed by atoms with Gasteiger partial charge < -0.3 is 10.2 Å². The molecule has 0 aromatic heterocycles. The predicted molar refractivity (Wildman–Crippen MR) is 122 cm³/mol. The number of hydrogen-bond donors (Lipinski definition) is 1. The SMILES string of the molecule is CC[C@H](C(=O)NC1CCCC1)N(Cc1ccc(Cl)cc1Cl)C(=O)Cc1ccccc1. The van der Waals surface area contributed by atoms with Crippen LogP contribution in [0.15, 0.2) is 48.5 Å². The zero-order chi connectivity index (χ0) is 21.5. The van der Waals surface area contributed by atoms with Crippen LogP contribution in [-0.4, -0.2) is 28.8 Å². The summed E-state index contributed by atoms with van der Waals surface area (Å²) in [5.41, 5.74) is 1.69. The summed E-state index contributed by atoms with van der Waals surface area (Å²) >= 11 is 12.4. The highest BCUT2D eigenvalue weighted by Crippen LogP contribution is 2.25. The third-order valence-electron chi connectivity index (χ3n) is 5.64. The van der Waals surface area contributed by atoms with E-state index in [9.17, 15) is 9.59 Å². The molecule has 30 heavy (non-hydrogen) atoms. The molecule has 4 nitrogen and oxygen atoms in total. The molecule has 1 N–H and O–H groups in total. The minimum absolute atomic E-state index is 0.0871. The third-order valence-corrected chi connectivity index (χ3v) is 6.23. The van der Waals surface area contributed by atoms with Crippen LogP contribution in [-0.2, 0) is 22.6 Å². The van der Waals surface area contributed by atoms with Gasteiger partial charge in [0.1, 0.15) is 6.04 Å². The zero-order valence-electron chi connectivity index (χ0n) is 17.2. The molecule has 1 aliphatic rings. The minimum Gasteiger partial charge on any atom is -0.352 e. The van der Waals surface area contributed by atoms with Crippen LogP contribution in [0.3, 0.4) is 0 Å². The van der Waals surface area contributed by atoms with Gasteiger partial charge in [-0.2, -0.15) is 0 Å². The van der Waals surface area contributed by atoms with Crippen LogP contribution in [0.2, 0.25) is 10.0 Å². The molecule has 6 heteroatoms. The number of halogens is 2. The normalized spacial score (nSPS) is 15.0. The lowest BCUT2D eigenvalue weighted by molar-refractivity contribution is -0.141. The summed E-state index contributed by atoms with van der Waals surface area (Å²) in [5, 5.41) is 4.18. The van der Waals surface area contributed by atoms with Crippen molar-refractivity contribution in [2.75, 3.05) is 0 Å². The summed E-state index contributed by atoms with van der Waals surface area (Å²) in [7, 11) is 0. The molecule has 160 valence electrons. The number of nitrogens with one attached hydrogen (secondary N) is 1. The fourth-order valence-electron chi connectivity index (χ4n) is 3.99. The lowest BCUT2D eigenvalue weighted by atomic mass is 10.1. The topological polar surface area (TPSA) is 49.4 Å². The van der Waals surface area contributed by atoms with Gasteiger partial charge in [0.05, 0.1) is 6.42 Å². The molecular weight excluding hydrogens is 419 g/mol. The van der Waals surface area contributed by atoms with Crippen LogP contribution >= 0.6 is 23.2 Å². The molecule has 2 aromatic carbocycles. The van der Waals surface area contributed by atoms with E-state index in [1.54, 1.807) is 17.0 Å². The second-order valence-electron chi connectivity index (χ2n) is 7.83. The second-order valence-corrected chi connectivity index (χ2v) is 8.68. The first-order chi connectivity index (χ1) is 14.5. The van der Waals surface area contributed by atoms with Crippen molar-refractivity contribution in [2.45, 2.75) is 64.1 Å². The first-order valence-corrected chi connectivity index (χ1v) is 11.3. The van der Waals surface area contributed by atoms with E-state index in [0.29, 0.717) is 16.5 Å². The molecule has 0 radical (unpaired) electrons. The van der Waals surface area contributed by atoms with Crippen molar-refractivity contribution in [1.82, 2.24) is 10.2 Å². The molecule has 0 aliphatic heterocycles. The van der Waals surface area contributed by atoms with Gasteiger partial charge in [0.15, 0.2) is 0 Å².